The molecule has 0 spiro atoms. The second kappa shape index (κ2) is 7.91. The Hall–Kier alpha value is -0.280. The summed E-state index contributed by atoms with van der Waals surface area (Å²) in [7, 11) is -2.34. The Balaban J connectivity index is 4.40. The van der Waals surface area contributed by atoms with E-state index < -0.39 is 8.53 Å². The molecule has 0 aliphatic carbocycles. The highest BCUT2D eigenvalue weighted by atomic mass is 31.2. The molecule has 0 aromatic carbocycles. The van der Waals surface area contributed by atoms with Crippen molar-refractivity contribution in [1.82, 2.24) is 9.90 Å². The zero-order valence-electron chi connectivity index (χ0n) is 10.2. The average molecular weight is 249 g/mol. The summed E-state index contributed by atoms with van der Waals surface area (Å²) in [6.07, 6.45) is 0.185. The van der Waals surface area contributed by atoms with Gasteiger partial charge in [0.1, 0.15) is 0 Å². The molecule has 6 nitrogen and oxygen atoms in total. The van der Waals surface area contributed by atoms with E-state index in [1.807, 2.05) is 33.8 Å². The van der Waals surface area contributed by atoms with Crippen LogP contribution < -0.4 is 0 Å². The fourth-order valence-electron chi connectivity index (χ4n) is 1.20. The van der Waals surface area contributed by atoms with E-state index in [-0.39, 0.29) is 25.0 Å². The summed E-state index contributed by atoms with van der Waals surface area (Å²) >= 11 is 0. The van der Waals surface area contributed by atoms with Crippen molar-refractivity contribution in [3.05, 3.63) is 0 Å². The first-order valence-corrected chi connectivity index (χ1v) is 6.38. The zero-order valence-corrected chi connectivity index (χ0v) is 11.1. The minimum absolute atomic E-state index is 0.111. The molecule has 0 saturated heterocycles. The first-order valence-electron chi connectivity index (χ1n) is 5.18. The maximum atomic E-state index is 9.14. The lowest BCUT2D eigenvalue weighted by Gasteiger charge is -2.33. The monoisotopic (exact) mass is 249 g/mol. The van der Waals surface area contributed by atoms with E-state index in [0.29, 0.717) is 0 Å². The molecule has 0 heterocycles. The van der Waals surface area contributed by atoms with Crippen LogP contribution in [0.3, 0.4) is 0 Å². The molecular weight excluding hydrogens is 229 g/mol. The molecule has 0 amide bonds. The molecule has 2 N–H and O–H groups in total. The van der Waals surface area contributed by atoms with Gasteiger partial charge in [0.05, 0.1) is 12.5 Å². The largest absolute Gasteiger partial charge is 0.336 e. The fraction of sp³-hybridized carbons (Fsp3) is 0.889. The Kier molecular flexibility index (Phi) is 7.77. The highest BCUT2D eigenvalue weighted by molar-refractivity contribution is 7.42. The van der Waals surface area contributed by atoms with Gasteiger partial charge in [-0.25, -0.2) is 0 Å². The Labute approximate surface area is 97.9 Å². The normalized spacial score (nSPS) is 12.1. The van der Waals surface area contributed by atoms with Gasteiger partial charge in [0, 0.05) is 18.6 Å². The smallest absolute Gasteiger partial charge is 0.280 e. The molecule has 0 bridgehead atoms. The molecule has 0 saturated carbocycles. The highest BCUT2D eigenvalue weighted by Gasteiger charge is 2.23. The van der Waals surface area contributed by atoms with E-state index in [4.69, 9.17) is 20.0 Å². The van der Waals surface area contributed by atoms with Gasteiger partial charge in [-0.05, 0) is 27.7 Å². The lowest BCUT2D eigenvalue weighted by molar-refractivity contribution is -0.312. The summed E-state index contributed by atoms with van der Waals surface area (Å²) in [6.45, 7) is 7.95. The molecule has 0 unspecified atom stereocenters. The lowest BCUT2D eigenvalue weighted by Crippen LogP contribution is -2.41. The average Bonchev–Trinajstić information content (AvgIpc) is 2.16. The lowest BCUT2D eigenvalue weighted by atomic mass is 10.3. The van der Waals surface area contributed by atoms with Gasteiger partial charge < -0.3 is 9.79 Å². The number of rotatable bonds is 7. The third-order valence-electron chi connectivity index (χ3n) is 1.82. The predicted molar refractivity (Wildman–Crippen MR) is 61.5 cm³/mol. The van der Waals surface area contributed by atoms with E-state index in [2.05, 4.69) is 0 Å². The van der Waals surface area contributed by atoms with Crippen LogP contribution in [0.5, 0.6) is 0 Å². The van der Waals surface area contributed by atoms with Crippen LogP contribution in [0.25, 0.3) is 0 Å². The maximum absolute atomic E-state index is 9.14. The van der Waals surface area contributed by atoms with Gasteiger partial charge in [-0.15, -0.1) is 0 Å². The summed E-state index contributed by atoms with van der Waals surface area (Å²) in [6, 6.07) is 2.15. The van der Waals surface area contributed by atoms with E-state index in [1.165, 1.54) is 0 Å². The van der Waals surface area contributed by atoms with Crippen molar-refractivity contribution < 1.29 is 14.7 Å². The molecule has 0 aliphatic heterocycles. The van der Waals surface area contributed by atoms with Crippen molar-refractivity contribution in [2.24, 2.45) is 0 Å². The Morgan fingerprint density at radius 3 is 2.06 bits per heavy atom. The van der Waals surface area contributed by atoms with Crippen LogP contribution in [-0.4, -0.2) is 38.3 Å². The van der Waals surface area contributed by atoms with Crippen molar-refractivity contribution in [1.29, 1.82) is 5.26 Å². The summed E-state index contributed by atoms with van der Waals surface area (Å²) < 4.78 is 0. The van der Waals surface area contributed by atoms with E-state index >= 15 is 0 Å². The highest BCUT2D eigenvalue weighted by Crippen LogP contribution is 2.31. The minimum Gasteiger partial charge on any atom is -0.336 e. The van der Waals surface area contributed by atoms with Crippen LogP contribution in [0.4, 0.5) is 0 Å². The number of nitrogens with zero attached hydrogens (tertiary/aromatic N) is 3. The Morgan fingerprint density at radius 2 is 1.75 bits per heavy atom. The predicted octanol–water partition coefficient (Wildman–Crippen LogP) is 1.38. The van der Waals surface area contributed by atoms with Crippen molar-refractivity contribution in [2.75, 3.05) is 6.54 Å². The molecular formula is C9H20N3O3P. The molecule has 94 valence electrons. The molecule has 0 aromatic rings. The van der Waals surface area contributed by atoms with Crippen molar-refractivity contribution >= 4 is 8.53 Å². The van der Waals surface area contributed by atoms with E-state index in [0.717, 1.165) is 4.83 Å². The van der Waals surface area contributed by atoms with Gasteiger partial charge in [-0.1, -0.05) is 4.83 Å². The molecule has 0 rings (SSSR count). The van der Waals surface area contributed by atoms with E-state index in [9.17, 15) is 0 Å². The Bertz CT molecular complexity index is 223. The number of hydrogen-bond acceptors (Lipinski definition) is 6. The molecule has 7 heteroatoms. The second-order valence-corrected chi connectivity index (χ2v) is 4.86. The maximum Gasteiger partial charge on any atom is 0.280 e. The van der Waals surface area contributed by atoms with Crippen LogP contribution in [-0.2, 0) is 4.94 Å². The summed E-state index contributed by atoms with van der Waals surface area (Å²) in [5, 5.41) is 10.1. The molecule has 0 radical (unpaired) electrons. The molecule has 0 aliphatic rings. The van der Waals surface area contributed by atoms with Gasteiger partial charge in [0.15, 0.2) is 0 Å². The minimum atomic E-state index is -2.34. The van der Waals surface area contributed by atoms with Gasteiger partial charge in [-0.2, -0.15) is 15.3 Å². The van der Waals surface area contributed by atoms with Crippen LogP contribution >= 0.6 is 8.53 Å². The quantitative estimate of drug-likeness (QED) is 0.524. The standard InChI is InChI=1S/C9H20N3O3P/c1-8(2)12(9(3)4)15-11(16(13)14)7-5-6-10/h8-9,13-14H,5,7H2,1-4H3. The first kappa shape index (κ1) is 15.7. The second-order valence-electron chi connectivity index (χ2n) is 3.88. The van der Waals surface area contributed by atoms with Crippen LogP contribution in [0, 0.1) is 11.3 Å². The molecule has 16 heavy (non-hydrogen) atoms. The number of hydroxylamine groups is 3. The van der Waals surface area contributed by atoms with Crippen LogP contribution in [0.15, 0.2) is 0 Å². The number of nitriles is 1. The van der Waals surface area contributed by atoms with Crippen molar-refractivity contribution in [3.8, 4) is 6.07 Å². The number of hydrogen-bond donors (Lipinski definition) is 2. The van der Waals surface area contributed by atoms with Crippen molar-refractivity contribution in [2.45, 2.75) is 46.2 Å². The third kappa shape index (κ3) is 5.71. The summed E-state index contributed by atoms with van der Waals surface area (Å²) in [4.78, 5) is 24.7. The molecule has 0 aromatic heterocycles. The van der Waals surface area contributed by atoms with Gasteiger partial charge in [0.25, 0.3) is 8.53 Å². The Morgan fingerprint density at radius 1 is 1.25 bits per heavy atom. The van der Waals surface area contributed by atoms with Gasteiger partial charge in [0.2, 0.25) is 0 Å². The topological polar surface area (TPSA) is 80.0 Å². The van der Waals surface area contributed by atoms with Gasteiger partial charge >= 0.3 is 0 Å². The van der Waals surface area contributed by atoms with Crippen LogP contribution in [0.1, 0.15) is 34.1 Å². The third-order valence-corrected chi connectivity index (χ3v) is 2.49. The van der Waals surface area contributed by atoms with Gasteiger partial charge in [-0.3, -0.25) is 0 Å². The van der Waals surface area contributed by atoms with Crippen LogP contribution in [0.2, 0.25) is 0 Å². The summed E-state index contributed by atoms with van der Waals surface area (Å²) in [5.41, 5.74) is 0. The fourth-order valence-corrected chi connectivity index (χ4v) is 1.63. The molecule has 0 atom stereocenters. The zero-order chi connectivity index (χ0) is 12.7. The van der Waals surface area contributed by atoms with E-state index in [1.54, 1.807) is 5.06 Å². The molecule has 0 fully saturated rings. The van der Waals surface area contributed by atoms with Crippen molar-refractivity contribution in [3.63, 3.8) is 0 Å². The SMILES string of the molecule is CC(C)N(ON(CCC#N)P(O)O)C(C)C. The first-order chi connectivity index (χ1) is 7.40. The summed E-state index contributed by atoms with van der Waals surface area (Å²) in [5.74, 6) is 0.